The highest BCUT2D eigenvalue weighted by atomic mass is 16.5. The van der Waals surface area contributed by atoms with E-state index in [9.17, 15) is 9.59 Å². The molecular weight excluding hydrogens is 312 g/mol. The number of Topliss-reactive ketones (excluding diaryl/α,β-unsaturated/α-hetero) is 1. The average molecular weight is 344 g/mol. The fourth-order valence-corrected chi connectivity index (χ4v) is 6.38. The van der Waals surface area contributed by atoms with Crippen LogP contribution in [0.3, 0.4) is 0 Å². The Labute approximate surface area is 151 Å². The molecule has 0 aromatic carbocycles. The van der Waals surface area contributed by atoms with E-state index in [1.54, 1.807) is 0 Å². The summed E-state index contributed by atoms with van der Waals surface area (Å²) < 4.78 is 5.77. The summed E-state index contributed by atoms with van der Waals surface area (Å²) in [5.41, 5.74) is 1.84. The van der Waals surface area contributed by atoms with Crippen molar-refractivity contribution in [1.29, 1.82) is 0 Å². The molecule has 0 aromatic rings. The molecule has 0 heterocycles. The maximum Gasteiger partial charge on any atom is 0.303 e. The fraction of sp³-hybridized carbons (Fsp3) is 0.727. The number of ketones is 1. The maximum absolute atomic E-state index is 13.7. The van der Waals surface area contributed by atoms with Gasteiger partial charge < -0.3 is 4.74 Å². The number of hydrogen-bond donors (Lipinski definition) is 0. The van der Waals surface area contributed by atoms with Crippen molar-refractivity contribution < 1.29 is 14.3 Å². The third-order valence-corrected chi connectivity index (χ3v) is 7.09. The third-order valence-electron chi connectivity index (χ3n) is 7.09. The second-order valence-electron chi connectivity index (χ2n) is 9.18. The Bertz CT molecular complexity index is 650. The Balaban J connectivity index is 2.05. The molecule has 0 aliphatic heterocycles. The van der Waals surface area contributed by atoms with Gasteiger partial charge in [-0.15, -0.1) is 0 Å². The van der Waals surface area contributed by atoms with E-state index in [2.05, 4.69) is 39.8 Å². The Morgan fingerprint density at radius 3 is 2.56 bits per heavy atom. The van der Waals surface area contributed by atoms with Gasteiger partial charge in [-0.1, -0.05) is 31.1 Å². The quantitative estimate of drug-likeness (QED) is 0.540. The van der Waals surface area contributed by atoms with Gasteiger partial charge in [0.15, 0.2) is 5.78 Å². The van der Waals surface area contributed by atoms with Crippen LogP contribution < -0.4 is 0 Å². The number of esters is 1. The molecule has 2 fully saturated rings. The lowest BCUT2D eigenvalue weighted by molar-refractivity contribution is -0.158. The van der Waals surface area contributed by atoms with Crippen molar-refractivity contribution in [2.45, 2.75) is 73.3 Å². The molecule has 2 saturated carbocycles. The normalized spacial score (nSPS) is 38.2. The first kappa shape index (κ1) is 18.4. The minimum absolute atomic E-state index is 0.0180. The van der Waals surface area contributed by atoms with E-state index in [1.807, 2.05) is 6.92 Å². The van der Waals surface area contributed by atoms with E-state index >= 15 is 0 Å². The number of allylic oxidation sites excluding steroid dienone is 3. The van der Waals surface area contributed by atoms with Crippen LogP contribution in [0.1, 0.15) is 67.2 Å². The second-order valence-corrected chi connectivity index (χ2v) is 9.18. The van der Waals surface area contributed by atoms with Crippen molar-refractivity contribution in [2.75, 3.05) is 0 Å². The highest BCUT2D eigenvalue weighted by molar-refractivity contribution is 5.96. The summed E-state index contributed by atoms with van der Waals surface area (Å²) in [5, 5.41) is 0. The topological polar surface area (TPSA) is 43.4 Å². The van der Waals surface area contributed by atoms with Gasteiger partial charge in [-0.2, -0.15) is 0 Å². The highest BCUT2D eigenvalue weighted by Gasteiger charge is 2.73. The summed E-state index contributed by atoms with van der Waals surface area (Å²) >= 11 is 0. The number of hydrogen-bond acceptors (Lipinski definition) is 3. The molecule has 3 rings (SSSR count). The van der Waals surface area contributed by atoms with Gasteiger partial charge in [-0.25, -0.2) is 0 Å². The first-order chi connectivity index (χ1) is 11.6. The molecule has 138 valence electrons. The van der Waals surface area contributed by atoms with E-state index in [4.69, 9.17) is 4.74 Å². The number of fused-ring (bicyclic) bond motifs is 1. The Hall–Kier alpha value is -1.38. The van der Waals surface area contributed by atoms with Gasteiger partial charge in [0.05, 0.1) is 5.41 Å². The van der Waals surface area contributed by atoms with Crippen LogP contribution in [-0.2, 0) is 14.3 Å². The van der Waals surface area contributed by atoms with E-state index in [0.717, 1.165) is 31.3 Å². The Morgan fingerprint density at radius 2 is 1.96 bits per heavy atom. The molecule has 0 aromatic heterocycles. The van der Waals surface area contributed by atoms with Crippen molar-refractivity contribution >= 4 is 11.8 Å². The van der Waals surface area contributed by atoms with Gasteiger partial charge in [-0.05, 0) is 69.8 Å². The summed E-state index contributed by atoms with van der Waals surface area (Å²) in [6.07, 6.45) is 8.09. The molecule has 0 amide bonds. The zero-order valence-electron chi connectivity index (χ0n) is 16.5. The van der Waals surface area contributed by atoms with Crippen LogP contribution in [0.15, 0.2) is 23.3 Å². The molecule has 0 N–H and O–H groups in total. The number of ether oxygens (including phenoxy) is 1. The largest absolute Gasteiger partial charge is 0.457 e. The molecule has 5 atom stereocenters. The zero-order valence-corrected chi connectivity index (χ0v) is 16.5. The van der Waals surface area contributed by atoms with E-state index in [0.29, 0.717) is 17.6 Å². The van der Waals surface area contributed by atoms with Crippen molar-refractivity contribution in [1.82, 2.24) is 0 Å². The summed E-state index contributed by atoms with van der Waals surface area (Å²) in [4.78, 5) is 25.5. The lowest BCUT2D eigenvalue weighted by Crippen LogP contribution is -2.50. The van der Waals surface area contributed by atoms with Crippen molar-refractivity contribution in [2.24, 2.45) is 28.6 Å². The van der Waals surface area contributed by atoms with Crippen molar-refractivity contribution in [3.8, 4) is 0 Å². The van der Waals surface area contributed by atoms with E-state index in [-0.39, 0.29) is 23.4 Å². The molecule has 3 aliphatic carbocycles. The summed E-state index contributed by atoms with van der Waals surface area (Å²) in [7, 11) is 0. The van der Waals surface area contributed by atoms with E-state index < -0.39 is 5.41 Å². The van der Waals surface area contributed by atoms with Crippen LogP contribution >= 0.6 is 0 Å². The minimum Gasteiger partial charge on any atom is -0.457 e. The molecule has 0 saturated heterocycles. The van der Waals surface area contributed by atoms with Gasteiger partial charge in [0, 0.05) is 12.8 Å². The summed E-state index contributed by atoms with van der Waals surface area (Å²) in [5.74, 6) is 0.642. The number of carbonyl (C=O) groups is 2. The van der Waals surface area contributed by atoms with E-state index in [1.165, 1.54) is 12.5 Å². The molecule has 3 heteroatoms. The molecule has 3 aliphatic rings. The van der Waals surface area contributed by atoms with Crippen LogP contribution in [0, 0.1) is 28.6 Å². The Kier molecular flexibility index (Phi) is 4.50. The first-order valence-corrected chi connectivity index (χ1v) is 9.66. The predicted octanol–water partition coefficient (Wildman–Crippen LogP) is 4.86. The lowest BCUT2D eigenvalue weighted by atomic mass is 9.64. The highest BCUT2D eigenvalue weighted by Crippen LogP contribution is 2.70. The predicted molar refractivity (Wildman–Crippen MR) is 98.9 cm³/mol. The van der Waals surface area contributed by atoms with Gasteiger partial charge in [0.25, 0.3) is 0 Å². The smallest absolute Gasteiger partial charge is 0.303 e. The van der Waals surface area contributed by atoms with Gasteiger partial charge >= 0.3 is 5.97 Å². The third kappa shape index (κ3) is 2.53. The molecule has 0 radical (unpaired) electrons. The standard InChI is InChI=1S/C22H32O3/c1-13(2)8-7-9-16-10-11-17-21(5,6)19-14(3)12-18(25-15(4)23)22(16,17)20(19)24/h8,12,16-19H,7,9-11H2,1-6H3/t16-,17+,18+,19-,22+/m1/s1. The van der Waals surface area contributed by atoms with Gasteiger partial charge in [0.2, 0.25) is 0 Å². The minimum atomic E-state index is -0.505. The molecule has 2 bridgehead atoms. The van der Waals surface area contributed by atoms with Crippen LogP contribution in [0.4, 0.5) is 0 Å². The van der Waals surface area contributed by atoms with Gasteiger partial charge in [-0.3, -0.25) is 9.59 Å². The van der Waals surface area contributed by atoms with Crippen molar-refractivity contribution in [3.63, 3.8) is 0 Å². The first-order valence-electron chi connectivity index (χ1n) is 9.66. The van der Waals surface area contributed by atoms with Crippen molar-refractivity contribution in [3.05, 3.63) is 23.3 Å². The molecule has 0 unspecified atom stereocenters. The second kappa shape index (κ2) is 6.10. The maximum atomic E-state index is 13.7. The van der Waals surface area contributed by atoms with Crippen LogP contribution in [-0.4, -0.2) is 17.9 Å². The van der Waals surface area contributed by atoms with Gasteiger partial charge in [0.1, 0.15) is 6.10 Å². The number of rotatable bonds is 4. The fourth-order valence-electron chi connectivity index (χ4n) is 6.38. The summed E-state index contributed by atoms with van der Waals surface area (Å²) in [6.45, 7) is 12.2. The number of carbonyl (C=O) groups excluding carboxylic acids is 2. The van der Waals surface area contributed by atoms with Crippen LogP contribution in [0.5, 0.6) is 0 Å². The zero-order chi connectivity index (χ0) is 18.6. The average Bonchev–Trinajstić information content (AvgIpc) is 2.90. The summed E-state index contributed by atoms with van der Waals surface area (Å²) in [6, 6.07) is 0. The lowest BCUT2D eigenvalue weighted by Gasteiger charge is -2.42. The SMILES string of the molecule is CC(=O)O[C@H]1C=C(C)[C@@H]2C(=O)[C@]13[C@H](CCC=C(C)C)CC[C@H]3C2(C)C. The molecule has 1 spiro atoms. The molecule has 3 nitrogen and oxygen atoms in total. The van der Waals surface area contributed by atoms with Crippen LogP contribution in [0.25, 0.3) is 0 Å². The molecular formula is C22H32O3. The monoisotopic (exact) mass is 344 g/mol. The molecule has 25 heavy (non-hydrogen) atoms. The Morgan fingerprint density at radius 1 is 1.28 bits per heavy atom. The van der Waals surface area contributed by atoms with Crippen LogP contribution in [0.2, 0.25) is 0 Å².